The Morgan fingerprint density at radius 1 is 1.28 bits per heavy atom. The lowest BCUT2D eigenvalue weighted by Crippen LogP contribution is -2.08. The molecule has 8 nitrogen and oxygen atoms in total. The molecule has 0 radical (unpaired) electrons. The Morgan fingerprint density at radius 3 is 2.86 bits per heavy atom. The molecule has 3 rings (SSSR count). The summed E-state index contributed by atoms with van der Waals surface area (Å²) in [5.74, 6) is -0.338. The number of aromatic nitrogens is 4. The third kappa shape index (κ3) is 5.72. The second kappa shape index (κ2) is 9.43. The van der Waals surface area contributed by atoms with Crippen LogP contribution in [0.1, 0.15) is 5.56 Å². The largest absolute Gasteiger partial charge is 0.435 e. The van der Waals surface area contributed by atoms with Gasteiger partial charge in [-0.25, -0.2) is 9.37 Å². The predicted molar refractivity (Wildman–Crippen MR) is 100.0 cm³/mol. The van der Waals surface area contributed by atoms with Gasteiger partial charge in [0.2, 0.25) is 5.95 Å². The summed E-state index contributed by atoms with van der Waals surface area (Å²) in [6.45, 7) is -2.78. The van der Waals surface area contributed by atoms with Crippen LogP contribution in [0.25, 0.3) is 0 Å². The van der Waals surface area contributed by atoms with Crippen LogP contribution < -0.4 is 15.4 Å². The maximum absolute atomic E-state index is 14.0. The number of halogens is 4. The number of aliphatic hydroxyl groups excluding tert-OH is 1. The third-order valence-electron chi connectivity index (χ3n) is 3.65. The lowest BCUT2D eigenvalue weighted by atomic mass is 10.2. The van der Waals surface area contributed by atoms with Gasteiger partial charge in [0.15, 0.2) is 5.82 Å². The fourth-order valence-corrected chi connectivity index (χ4v) is 2.53. The molecule has 0 aliphatic rings. The van der Waals surface area contributed by atoms with Gasteiger partial charge in [-0.3, -0.25) is 4.68 Å². The average molecular weight is 429 g/mol. The smallest absolute Gasteiger partial charge is 0.387 e. The molecule has 0 aliphatic heterocycles. The van der Waals surface area contributed by atoms with E-state index in [1.165, 1.54) is 17.1 Å². The highest BCUT2D eigenvalue weighted by Gasteiger charge is 2.11. The van der Waals surface area contributed by atoms with Gasteiger partial charge in [0, 0.05) is 18.3 Å². The summed E-state index contributed by atoms with van der Waals surface area (Å²) < 4.78 is 44.4. The van der Waals surface area contributed by atoms with Crippen molar-refractivity contribution in [3.8, 4) is 5.75 Å². The van der Waals surface area contributed by atoms with Crippen molar-refractivity contribution in [3.63, 3.8) is 0 Å². The minimum Gasteiger partial charge on any atom is -0.435 e. The molecule has 0 saturated heterocycles. The maximum Gasteiger partial charge on any atom is 0.387 e. The van der Waals surface area contributed by atoms with Crippen molar-refractivity contribution in [3.05, 3.63) is 53.2 Å². The summed E-state index contributed by atoms with van der Waals surface area (Å²) >= 11 is 6.07. The molecule has 12 heteroatoms. The average Bonchev–Trinajstić information content (AvgIpc) is 3.11. The van der Waals surface area contributed by atoms with E-state index in [1.807, 2.05) is 0 Å². The number of rotatable bonds is 9. The van der Waals surface area contributed by atoms with Crippen LogP contribution in [0.15, 0.2) is 36.8 Å². The van der Waals surface area contributed by atoms with Crippen LogP contribution in [-0.4, -0.2) is 38.1 Å². The fourth-order valence-electron chi connectivity index (χ4n) is 2.37. The first-order valence-electron chi connectivity index (χ1n) is 8.34. The standard InChI is InChI=1S/C17H16ClF3N6O2/c18-13-8-23-17(25-11-7-24-27(9-11)3-4-28)26-15(13)22-6-10-5-12(29-16(20)21)1-2-14(10)19/h1-2,5,7-9,16,28H,3-4,6H2,(H2,22,23,25,26). The number of nitrogens with one attached hydrogen (secondary N) is 2. The molecule has 2 aromatic heterocycles. The first kappa shape index (κ1) is 20.7. The molecule has 0 saturated carbocycles. The summed E-state index contributed by atoms with van der Waals surface area (Å²) in [7, 11) is 0. The summed E-state index contributed by atoms with van der Waals surface area (Å²) in [6, 6.07) is 3.31. The van der Waals surface area contributed by atoms with Gasteiger partial charge >= 0.3 is 6.61 Å². The number of hydrogen-bond acceptors (Lipinski definition) is 7. The topological polar surface area (TPSA) is 97.1 Å². The highest BCUT2D eigenvalue weighted by Crippen LogP contribution is 2.24. The summed E-state index contributed by atoms with van der Waals surface area (Å²) in [5.41, 5.74) is 0.687. The van der Waals surface area contributed by atoms with E-state index in [4.69, 9.17) is 16.7 Å². The van der Waals surface area contributed by atoms with Crippen LogP contribution >= 0.6 is 11.6 Å². The van der Waals surface area contributed by atoms with Crippen LogP contribution in [0, 0.1) is 5.82 Å². The zero-order chi connectivity index (χ0) is 20.8. The highest BCUT2D eigenvalue weighted by molar-refractivity contribution is 6.32. The minimum absolute atomic E-state index is 0.0489. The molecule has 29 heavy (non-hydrogen) atoms. The van der Waals surface area contributed by atoms with Gasteiger partial charge < -0.3 is 20.5 Å². The number of aliphatic hydroxyl groups is 1. The number of alkyl halides is 2. The van der Waals surface area contributed by atoms with Gasteiger partial charge in [0.1, 0.15) is 16.6 Å². The van der Waals surface area contributed by atoms with Crippen molar-refractivity contribution in [1.29, 1.82) is 0 Å². The first-order chi connectivity index (χ1) is 13.9. The van der Waals surface area contributed by atoms with Crippen LogP contribution in [0.3, 0.4) is 0 Å². The van der Waals surface area contributed by atoms with Gasteiger partial charge in [0.05, 0.1) is 31.2 Å². The number of nitrogens with zero attached hydrogens (tertiary/aromatic N) is 4. The van der Waals surface area contributed by atoms with Gasteiger partial charge in [-0.15, -0.1) is 0 Å². The summed E-state index contributed by atoms with van der Waals surface area (Å²) in [6.07, 6.45) is 4.54. The molecule has 0 fully saturated rings. The molecule has 1 aromatic carbocycles. The molecule has 0 atom stereocenters. The maximum atomic E-state index is 14.0. The Labute approximate surface area is 168 Å². The Morgan fingerprint density at radius 2 is 2.10 bits per heavy atom. The monoisotopic (exact) mass is 428 g/mol. The zero-order valence-corrected chi connectivity index (χ0v) is 15.6. The fraction of sp³-hybridized carbons (Fsp3) is 0.235. The van der Waals surface area contributed by atoms with E-state index in [0.29, 0.717) is 12.2 Å². The number of anilines is 3. The van der Waals surface area contributed by atoms with E-state index in [9.17, 15) is 13.2 Å². The second-order valence-corrected chi connectivity index (χ2v) is 6.12. The Hall–Kier alpha value is -3.05. The summed E-state index contributed by atoms with van der Waals surface area (Å²) in [5, 5.41) is 18.9. The molecule has 3 N–H and O–H groups in total. The highest BCUT2D eigenvalue weighted by atomic mass is 35.5. The van der Waals surface area contributed by atoms with Gasteiger partial charge in [-0.1, -0.05) is 11.6 Å². The van der Waals surface area contributed by atoms with Crippen LogP contribution in [-0.2, 0) is 13.1 Å². The van der Waals surface area contributed by atoms with Crippen molar-refractivity contribution >= 4 is 29.1 Å². The zero-order valence-electron chi connectivity index (χ0n) is 14.8. The molecule has 0 amide bonds. The van der Waals surface area contributed by atoms with Crippen LogP contribution in [0.5, 0.6) is 5.75 Å². The quantitative estimate of drug-likeness (QED) is 0.480. The van der Waals surface area contributed by atoms with Crippen LogP contribution in [0.4, 0.5) is 30.6 Å². The Bertz CT molecular complexity index is 972. The van der Waals surface area contributed by atoms with Crippen molar-refractivity contribution in [2.24, 2.45) is 0 Å². The van der Waals surface area contributed by atoms with Crippen molar-refractivity contribution in [1.82, 2.24) is 19.7 Å². The van der Waals surface area contributed by atoms with Crippen LogP contribution in [0.2, 0.25) is 5.02 Å². The number of ether oxygens (including phenoxy) is 1. The van der Waals surface area contributed by atoms with E-state index < -0.39 is 12.4 Å². The van der Waals surface area contributed by atoms with E-state index >= 15 is 0 Å². The summed E-state index contributed by atoms with van der Waals surface area (Å²) in [4.78, 5) is 8.26. The van der Waals surface area contributed by atoms with E-state index in [-0.39, 0.29) is 41.3 Å². The first-order valence-corrected chi connectivity index (χ1v) is 8.72. The third-order valence-corrected chi connectivity index (χ3v) is 3.93. The van der Waals surface area contributed by atoms with Gasteiger partial charge in [0.25, 0.3) is 0 Å². The predicted octanol–water partition coefficient (Wildman–Crippen LogP) is 3.42. The SMILES string of the molecule is OCCn1cc(Nc2ncc(Cl)c(NCc3cc(OC(F)F)ccc3F)n2)cn1. The Kier molecular flexibility index (Phi) is 6.73. The van der Waals surface area contributed by atoms with Crippen molar-refractivity contribution in [2.45, 2.75) is 19.7 Å². The molecular weight excluding hydrogens is 413 g/mol. The minimum atomic E-state index is -3.01. The normalized spacial score (nSPS) is 11.0. The Balaban J connectivity index is 1.70. The van der Waals surface area contributed by atoms with Gasteiger partial charge in [-0.05, 0) is 18.2 Å². The van der Waals surface area contributed by atoms with E-state index in [0.717, 1.165) is 18.2 Å². The molecule has 154 valence electrons. The van der Waals surface area contributed by atoms with Crippen molar-refractivity contribution in [2.75, 3.05) is 17.2 Å². The molecule has 0 unspecified atom stereocenters. The molecule has 0 bridgehead atoms. The lowest BCUT2D eigenvalue weighted by molar-refractivity contribution is -0.0499. The van der Waals surface area contributed by atoms with E-state index in [2.05, 4.69) is 30.4 Å². The van der Waals surface area contributed by atoms with Gasteiger partial charge in [-0.2, -0.15) is 18.9 Å². The van der Waals surface area contributed by atoms with Crippen molar-refractivity contribution < 1.29 is 23.0 Å². The van der Waals surface area contributed by atoms with E-state index in [1.54, 1.807) is 6.20 Å². The lowest BCUT2D eigenvalue weighted by Gasteiger charge is -2.11. The molecule has 2 heterocycles. The molecule has 3 aromatic rings. The number of hydrogen-bond donors (Lipinski definition) is 3. The molecular formula is C17H16ClF3N6O2. The molecule has 0 aliphatic carbocycles. The number of benzene rings is 1. The molecule has 0 spiro atoms. The second-order valence-electron chi connectivity index (χ2n) is 5.72.